The molecule has 0 radical (unpaired) electrons. The van der Waals surface area contributed by atoms with Crippen LogP contribution in [0.25, 0.3) is 6.08 Å². The summed E-state index contributed by atoms with van der Waals surface area (Å²) < 4.78 is 0. The molecule has 0 saturated heterocycles. The molecule has 1 aliphatic heterocycles. The molecule has 0 unspecified atom stereocenters. The van der Waals surface area contributed by atoms with E-state index in [0.29, 0.717) is 11.3 Å². The lowest BCUT2D eigenvalue weighted by atomic mass is 9.72. The molecule has 2 heterocycles. The number of rotatable bonds is 2. The number of thiophene rings is 1. The maximum absolute atomic E-state index is 12.7. The van der Waals surface area contributed by atoms with E-state index in [2.05, 4.69) is 43.5 Å². The average molecular weight is 367 g/mol. The van der Waals surface area contributed by atoms with Crippen LogP contribution < -0.4 is 10.6 Å². The van der Waals surface area contributed by atoms with Gasteiger partial charge in [-0.3, -0.25) is 4.79 Å². The quantitative estimate of drug-likeness (QED) is 0.777. The van der Waals surface area contributed by atoms with E-state index in [4.69, 9.17) is 0 Å². The van der Waals surface area contributed by atoms with Gasteiger partial charge in [-0.05, 0) is 47.8 Å². The van der Waals surface area contributed by atoms with E-state index >= 15 is 0 Å². The number of hydrogen-bond acceptors (Lipinski definition) is 3. The van der Waals surface area contributed by atoms with Gasteiger partial charge in [0.1, 0.15) is 11.2 Å². The first-order valence-electron chi connectivity index (χ1n) is 9.37. The smallest absolute Gasteiger partial charge is 0.256 e. The number of hydrogen-bond donors (Lipinski definition) is 2. The zero-order chi connectivity index (χ0) is 18.3. The van der Waals surface area contributed by atoms with Crippen molar-refractivity contribution >= 4 is 28.3 Å². The molecule has 4 rings (SSSR count). The predicted molar refractivity (Wildman–Crippen MR) is 110 cm³/mol. The molecule has 1 aromatic carbocycles. The van der Waals surface area contributed by atoms with Gasteiger partial charge in [0.2, 0.25) is 0 Å². The molecule has 3 nitrogen and oxygen atoms in total. The minimum Gasteiger partial charge on any atom is -0.353 e. The van der Waals surface area contributed by atoms with Crippen molar-refractivity contribution in [3.05, 3.63) is 58.0 Å². The van der Waals surface area contributed by atoms with Crippen LogP contribution in [0.15, 0.2) is 36.4 Å². The van der Waals surface area contributed by atoms with Gasteiger partial charge < -0.3 is 10.6 Å². The van der Waals surface area contributed by atoms with Gasteiger partial charge in [0.15, 0.2) is 0 Å². The van der Waals surface area contributed by atoms with Crippen LogP contribution in [0, 0.1) is 11.3 Å². The first kappa shape index (κ1) is 17.3. The maximum atomic E-state index is 12.7. The van der Waals surface area contributed by atoms with Crippen molar-refractivity contribution < 1.29 is 4.79 Å². The molecule has 2 atom stereocenters. The molecule has 0 bridgehead atoms. The highest BCUT2D eigenvalue weighted by Gasteiger charge is 2.35. The lowest BCUT2D eigenvalue weighted by Gasteiger charge is -2.34. The molecule has 0 fully saturated rings. The Morgan fingerprint density at radius 1 is 1.15 bits per heavy atom. The van der Waals surface area contributed by atoms with Crippen LogP contribution in [0.4, 0.5) is 5.00 Å². The van der Waals surface area contributed by atoms with Gasteiger partial charge in [0, 0.05) is 4.88 Å². The predicted octanol–water partition coefficient (Wildman–Crippen LogP) is 5.09. The van der Waals surface area contributed by atoms with Crippen molar-refractivity contribution in [2.45, 2.75) is 46.2 Å². The summed E-state index contributed by atoms with van der Waals surface area (Å²) in [7, 11) is 0. The summed E-state index contributed by atoms with van der Waals surface area (Å²) in [5, 5.41) is 7.64. The highest BCUT2D eigenvalue weighted by Crippen LogP contribution is 2.45. The van der Waals surface area contributed by atoms with Crippen molar-refractivity contribution in [1.29, 1.82) is 0 Å². The number of amides is 1. The summed E-state index contributed by atoms with van der Waals surface area (Å²) in [6.07, 6.45) is 7.19. The Bertz CT molecular complexity index is 845. The Morgan fingerprint density at radius 3 is 2.65 bits per heavy atom. The van der Waals surface area contributed by atoms with E-state index in [1.807, 2.05) is 30.4 Å². The van der Waals surface area contributed by atoms with Crippen molar-refractivity contribution in [1.82, 2.24) is 5.32 Å². The SMILES string of the molecule is CC(C)(C)[C@@H]1CCc2c(sc3c2C(=O)N[C@H](/C=C/c2ccccc2)N3)C1. The van der Waals surface area contributed by atoms with Crippen LogP contribution in [-0.2, 0) is 12.8 Å². The lowest BCUT2D eigenvalue weighted by Crippen LogP contribution is -2.43. The molecule has 0 saturated carbocycles. The number of carbonyl (C=O) groups excluding carboxylic acids is 1. The molecule has 1 aliphatic carbocycles. The van der Waals surface area contributed by atoms with Crippen LogP contribution in [0.1, 0.15) is 53.6 Å². The van der Waals surface area contributed by atoms with Gasteiger partial charge >= 0.3 is 0 Å². The molecule has 136 valence electrons. The van der Waals surface area contributed by atoms with E-state index in [1.54, 1.807) is 11.3 Å². The minimum atomic E-state index is -0.159. The Balaban J connectivity index is 1.56. The van der Waals surface area contributed by atoms with E-state index in [-0.39, 0.29) is 12.1 Å². The molecule has 2 N–H and O–H groups in total. The molecular weight excluding hydrogens is 340 g/mol. The van der Waals surface area contributed by atoms with Crippen LogP contribution in [0.2, 0.25) is 0 Å². The van der Waals surface area contributed by atoms with Gasteiger partial charge in [-0.2, -0.15) is 0 Å². The number of anilines is 1. The van der Waals surface area contributed by atoms with E-state index in [0.717, 1.165) is 29.0 Å². The number of nitrogens with one attached hydrogen (secondary N) is 2. The molecule has 26 heavy (non-hydrogen) atoms. The molecule has 0 spiro atoms. The fraction of sp³-hybridized carbons (Fsp3) is 0.409. The second-order valence-electron chi connectivity index (χ2n) is 8.38. The molecular formula is C22H26N2OS. The van der Waals surface area contributed by atoms with Gasteiger partial charge in [-0.25, -0.2) is 0 Å². The van der Waals surface area contributed by atoms with Gasteiger partial charge in [0.25, 0.3) is 5.91 Å². The summed E-state index contributed by atoms with van der Waals surface area (Å²) in [6, 6.07) is 10.2. The minimum absolute atomic E-state index is 0.0631. The summed E-state index contributed by atoms with van der Waals surface area (Å²) in [5.74, 6) is 0.750. The van der Waals surface area contributed by atoms with Gasteiger partial charge in [-0.1, -0.05) is 57.2 Å². The van der Waals surface area contributed by atoms with Crippen molar-refractivity contribution in [3.8, 4) is 0 Å². The summed E-state index contributed by atoms with van der Waals surface area (Å²) >= 11 is 1.78. The molecule has 2 aliphatic rings. The summed E-state index contributed by atoms with van der Waals surface area (Å²) in [6.45, 7) is 6.97. The summed E-state index contributed by atoms with van der Waals surface area (Å²) in [4.78, 5) is 14.1. The lowest BCUT2D eigenvalue weighted by molar-refractivity contribution is 0.0942. The molecule has 4 heteroatoms. The Kier molecular flexibility index (Phi) is 4.39. The van der Waals surface area contributed by atoms with Crippen LogP contribution >= 0.6 is 11.3 Å². The first-order valence-corrected chi connectivity index (χ1v) is 10.2. The van der Waals surface area contributed by atoms with Crippen LogP contribution in [-0.4, -0.2) is 12.1 Å². The zero-order valence-electron chi connectivity index (χ0n) is 15.6. The van der Waals surface area contributed by atoms with Crippen molar-refractivity contribution in [2.24, 2.45) is 11.3 Å². The second kappa shape index (κ2) is 6.58. The Labute approximate surface area is 159 Å². The largest absolute Gasteiger partial charge is 0.353 e. The highest BCUT2D eigenvalue weighted by atomic mass is 32.1. The van der Waals surface area contributed by atoms with Gasteiger partial charge in [-0.15, -0.1) is 11.3 Å². The highest BCUT2D eigenvalue weighted by molar-refractivity contribution is 7.16. The topological polar surface area (TPSA) is 41.1 Å². The van der Waals surface area contributed by atoms with E-state index < -0.39 is 0 Å². The fourth-order valence-corrected chi connectivity index (χ4v) is 5.29. The normalized spacial score (nSPS) is 22.5. The summed E-state index contributed by atoms with van der Waals surface area (Å²) in [5.41, 5.74) is 3.62. The third-order valence-electron chi connectivity index (χ3n) is 5.57. The average Bonchev–Trinajstić information content (AvgIpc) is 2.98. The number of fused-ring (bicyclic) bond motifs is 3. The van der Waals surface area contributed by atoms with E-state index in [1.165, 1.54) is 16.9 Å². The van der Waals surface area contributed by atoms with Crippen LogP contribution in [0.3, 0.4) is 0 Å². The van der Waals surface area contributed by atoms with E-state index in [9.17, 15) is 4.79 Å². The van der Waals surface area contributed by atoms with Crippen LogP contribution in [0.5, 0.6) is 0 Å². The van der Waals surface area contributed by atoms with Gasteiger partial charge in [0.05, 0.1) is 5.56 Å². The number of benzene rings is 1. The first-order chi connectivity index (χ1) is 12.4. The monoisotopic (exact) mass is 366 g/mol. The maximum Gasteiger partial charge on any atom is 0.256 e. The van der Waals surface area contributed by atoms with Crippen molar-refractivity contribution in [3.63, 3.8) is 0 Å². The fourth-order valence-electron chi connectivity index (χ4n) is 3.93. The Hall–Kier alpha value is -2.07. The zero-order valence-corrected chi connectivity index (χ0v) is 16.5. The molecule has 2 aromatic rings. The second-order valence-corrected chi connectivity index (χ2v) is 9.48. The molecule has 1 amide bonds. The third-order valence-corrected chi connectivity index (χ3v) is 6.76. The number of carbonyl (C=O) groups is 1. The third kappa shape index (κ3) is 3.30. The Morgan fingerprint density at radius 2 is 1.92 bits per heavy atom. The standard InChI is InChI=1S/C22H26N2OS/c1-22(2,3)15-10-11-16-17(13-15)26-21-19(16)20(25)23-18(24-21)12-9-14-7-5-4-6-8-14/h4-9,12,15,18,24H,10-11,13H2,1-3H3,(H,23,25)/b12-9+/t15-,18+/m1/s1. The van der Waals surface area contributed by atoms with Crippen molar-refractivity contribution in [2.75, 3.05) is 5.32 Å². The molecule has 1 aromatic heterocycles.